The molecule has 0 spiro atoms. The van der Waals surface area contributed by atoms with Gasteiger partial charge in [-0.1, -0.05) is 12.8 Å². The van der Waals surface area contributed by atoms with E-state index in [0.717, 1.165) is 52.4 Å². The van der Waals surface area contributed by atoms with E-state index in [1.807, 2.05) is 0 Å². The van der Waals surface area contributed by atoms with Crippen LogP contribution in [0.15, 0.2) is 0 Å². The largest absolute Gasteiger partial charge is 0.314 e. The Morgan fingerprint density at radius 2 is 0.750 bits per heavy atom. The summed E-state index contributed by atoms with van der Waals surface area (Å²) in [6.07, 6.45) is 5.45. The van der Waals surface area contributed by atoms with E-state index in [-0.39, 0.29) is 0 Å². The van der Waals surface area contributed by atoms with Gasteiger partial charge in [0.25, 0.3) is 0 Å². The Hall–Kier alpha value is -0.240. The summed E-state index contributed by atoms with van der Waals surface area (Å²) in [5, 5.41) is 14.0. The Kier molecular flexibility index (Phi) is 11.7. The van der Waals surface area contributed by atoms with Crippen molar-refractivity contribution in [2.24, 2.45) is 0 Å². The second kappa shape index (κ2) is 14.0. The van der Waals surface area contributed by atoms with Gasteiger partial charge in [-0.3, -0.25) is 0 Å². The summed E-state index contributed by atoms with van der Waals surface area (Å²) in [6.45, 7) is 16.3. The number of hydrogen-bond acceptors (Lipinski definition) is 6. The minimum atomic E-state index is 1.11. The van der Waals surface area contributed by atoms with Gasteiger partial charge in [0.2, 0.25) is 0 Å². The molecule has 0 radical (unpaired) electrons. The molecule has 2 heterocycles. The molecule has 4 N–H and O–H groups in total. The van der Waals surface area contributed by atoms with Crippen molar-refractivity contribution in [2.45, 2.75) is 25.7 Å². The average molecular weight is 341 g/mol. The third-order valence-corrected chi connectivity index (χ3v) is 5.08. The molecule has 6 nitrogen and oxygen atoms in total. The molecule has 0 aromatic heterocycles. The monoisotopic (exact) mass is 340 g/mol. The standard InChI is InChI=1S/C18H40N6/c1(3-13-23-15-9-19-5-6-20-10-16-23)2-4-14-24-17-11-21-7-8-22-12-18-24/h19-22H,1-18H2. The van der Waals surface area contributed by atoms with Crippen LogP contribution in [0.4, 0.5) is 0 Å². The van der Waals surface area contributed by atoms with E-state index in [2.05, 4.69) is 31.1 Å². The Labute approximate surface area is 149 Å². The fraction of sp³-hybridized carbons (Fsp3) is 1.00. The van der Waals surface area contributed by atoms with E-state index >= 15 is 0 Å². The van der Waals surface area contributed by atoms with Gasteiger partial charge < -0.3 is 31.1 Å². The zero-order valence-electron chi connectivity index (χ0n) is 15.6. The lowest BCUT2D eigenvalue weighted by atomic mass is 10.1. The van der Waals surface area contributed by atoms with Gasteiger partial charge in [-0.05, 0) is 25.9 Å². The van der Waals surface area contributed by atoms with E-state index < -0.39 is 0 Å². The number of nitrogens with zero attached hydrogens (tertiary/aromatic N) is 2. The molecule has 0 amide bonds. The maximum absolute atomic E-state index is 3.50. The zero-order chi connectivity index (χ0) is 16.7. The van der Waals surface area contributed by atoms with Crippen molar-refractivity contribution in [1.82, 2.24) is 31.1 Å². The smallest absolute Gasteiger partial charge is 0.0107 e. The Balaban J connectivity index is 1.47. The zero-order valence-corrected chi connectivity index (χ0v) is 15.6. The first-order valence-electron chi connectivity index (χ1n) is 10.2. The van der Waals surface area contributed by atoms with Crippen LogP contribution < -0.4 is 21.3 Å². The van der Waals surface area contributed by atoms with Gasteiger partial charge in [0.05, 0.1) is 0 Å². The predicted molar refractivity (Wildman–Crippen MR) is 103 cm³/mol. The van der Waals surface area contributed by atoms with Crippen LogP contribution in [0.3, 0.4) is 0 Å². The van der Waals surface area contributed by atoms with E-state index in [0.29, 0.717) is 0 Å². The third kappa shape index (κ3) is 9.91. The van der Waals surface area contributed by atoms with Crippen molar-refractivity contribution in [1.29, 1.82) is 0 Å². The quantitative estimate of drug-likeness (QED) is 0.471. The maximum atomic E-state index is 3.50. The van der Waals surface area contributed by atoms with Gasteiger partial charge in [-0.25, -0.2) is 0 Å². The number of nitrogens with one attached hydrogen (secondary N) is 4. The van der Waals surface area contributed by atoms with Crippen LogP contribution in [0.2, 0.25) is 0 Å². The summed E-state index contributed by atoms with van der Waals surface area (Å²) >= 11 is 0. The molecule has 2 saturated heterocycles. The lowest BCUT2D eigenvalue weighted by molar-refractivity contribution is 0.262. The van der Waals surface area contributed by atoms with Gasteiger partial charge in [0, 0.05) is 78.5 Å². The van der Waals surface area contributed by atoms with Gasteiger partial charge in [0.15, 0.2) is 0 Å². The van der Waals surface area contributed by atoms with Crippen molar-refractivity contribution in [3.8, 4) is 0 Å². The summed E-state index contributed by atoms with van der Waals surface area (Å²) in [4.78, 5) is 5.23. The van der Waals surface area contributed by atoms with Crippen molar-refractivity contribution in [2.75, 3.05) is 91.6 Å². The highest BCUT2D eigenvalue weighted by Gasteiger charge is 2.08. The van der Waals surface area contributed by atoms with Gasteiger partial charge in [-0.15, -0.1) is 0 Å². The minimum absolute atomic E-state index is 1.11. The fourth-order valence-corrected chi connectivity index (χ4v) is 3.50. The average Bonchev–Trinajstić information content (AvgIpc) is 2.81. The van der Waals surface area contributed by atoms with Crippen LogP contribution >= 0.6 is 0 Å². The highest BCUT2D eigenvalue weighted by Crippen LogP contribution is 2.04. The number of unbranched alkanes of at least 4 members (excludes halogenated alkanes) is 3. The molecule has 2 aliphatic heterocycles. The van der Waals surface area contributed by atoms with E-state index in [1.54, 1.807) is 0 Å². The Morgan fingerprint density at radius 1 is 0.417 bits per heavy atom. The second-order valence-corrected chi connectivity index (χ2v) is 7.10. The summed E-state index contributed by atoms with van der Waals surface area (Å²) < 4.78 is 0. The lowest BCUT2D eigenvalue weighted by Crippen LogP contribution is -2.35. The van der Waals surface area contributed by atoms with Crippen LogP contribution in [0.25, 0.3) is 0 Å². The highest BCUT2D eigenvalue weighted by molar-refractivity contribution is 4.67. The predicted octanol–water partition coefficient (Wildman–Crippen LogP) is -0.464. The van der Waals surface area contributed by atoms with Gasteiger partial charge in [-0.2, -0.15) is 0 Å². The summed E-state index contributed by atoms with van der Waals surface area (Å²) in [6, 6.07) is 0. The van der Waals surface area contributed by atoms with Crippen LogP contribution in [0, 0.1) is 0 Å². The maximum Gasteiger partial charge on any atom is 0.0107 e. The molecule has 0 saturated carbocycles. The molecule has 0 aromatic carbocycles. The molecule has 6 heteroatoms. The highest BCUT2D eigenvalue weighted by atomic mass is 15.2. The van der Waals surface area contributed by atoms with Crippen LogP contribution in [-0.2, 0) is 0 Å². The minimum Gasteiger partial charge on any atom is -0.314 e. The Bertz CT molecular complexity index is 241. The molecule has 0 aromatic rings. The van der Waals surface area contributed by atoms with E-state index in [1.165, 1.54) is 65.0 Å². The molecule has 0 atom stereocenters. The third-order valence-electron chi connectivity index (χ3n) is 5.08. The molecule has 0 aliphatic carbocycles. The summed E-state index contributed by atoms with van der Waals surface area (Å²) in [7, 11) is 0. The molecule has 0 unspecified atom stereocenters. The summed E-state index contributed by atoms with van der Waals surface area (Å²) in [5.41, 5.74) is 0. The van der Waals surface area contributed by atoms with Gasteiger partial charge in [0.1, 0.15) is 0 Å². The molecule has 24 heavy (non-hydrogen) atoms. The Morgan fingerprint density at radius 3 is 1.08 bits per heavy atom. The first-order chi connectivity index (χ1) is 11.9. The van der Waals surface area contributed by atoms with Crippen molar-refractivity contribution < 1.29 is 0 Å². The molecule has 2 aliphatic rings. The molecule has 2 fully saturated rings. The lowest BCUT2D eigenvalue weighted by Gasteiger charge is -2.22. The molecule has 0 bridgehead atoms. The first-order valence-corrected chi connectivity index (χ1v) is 10.2. The van der Waals surface area contributed by atoms with Crippen molar-refractivity contribution in [3.05, 3.63) is 0 Å². The molecule has 142 valence electrons. The molecule has 2 rings (SSSR count). The second-order valence-electron chi connectivity index (χ2n) is 7.10. The molecular formula is C18H40N6. The van der Waals surface area contributed by atoms with E-state index in [9.17, 15) is 0 Å². The van der Waals surface area contributed by atoms with Gasteiger partial charge >= 0.3 is 0 Å². The topological polar surface area (TPSA) is 54.6 Å². The normalized spacial score (nSPS) is 23.5. The fourth-order valence-electron chi connectivity index (χ4n) is 3.50. The van der Waals surface area contributed by atoms with Crippen LogP contribution in [0.1, 0.15) is 25.7 Å². The number of rotatable bonds is 7. The van der Waals surface area contributed by atoms with Crippen molar-refractivity contribution >= 4 is 0 Å². The molecular weight excluding hydrogens is 300 g/mol. The SMILES string of the molecule is C(CCCN1CCNCCNCC1)CCN1CCNCCNCC1. The van der Waals surface area contributed by atoms with Crippen LogP contribution in [-0.4, -0.2) is 101 Å². The first kappa shape index (κ1) is 20.1. The van der Waals surface area contributed by atoms with E-state index in [4.69, 9.17) is 0 Å². The van der Waals surface area contributed by atoms with Crippen molar-refractivity contribution in [3.63, 3.8) is 0 Å². The van der Waals surface area contributed by atoms with Crippen LogP contribution in [0.5, 0.6) is 0 Å². The summed E-state index contributed by atoms with van der Waals surface area (Å²) in [5.74, 6) is 0. The number of hydrogen-bond donors (Lipinski definition) is 4.